The Bertz CT molecular complexity index is 792. The first kappa shape index (κ1) is 24.3. The first-order valence-electron chi connectivity index (χ1n) is 12.5. The molecule has 1 aliphatic carbocycles. The fourth-order valence-corrected chi connectivity index (χ4v) is 8.13. The summed E-state index contributed by atoms with van der Waals surface area (Å²) in [4.78, 5) is 2.26. The number of fused-ring (bicyclic) bond motifs is 1. The maximum absolute atomic E-state index is 13.7. The topological polar surface area (TPSA) is 101 Å². The van der Waals surface area contributed by atoms with Crippen molar-refractivity contribution in [3.8, 4) is 0 Å². The van der Waals surface area contributed by atoms with E-state index in [4.69, 9.17) is 4.74 Å². The van der Waals surface area contributed by atoms with Crippen LogP contribution in [0.1, 0.15) is 32.1 Å². The number of sulfonamides is 1. The molecular formula is C21H40FN7O3S. The highest BCUT2D eigenvalue weighted by Crippen LogP contribution is 2.33. The number of methoxy groups -OCH3 is 1. The van der Waals surface area contributed by atoms with Gasteiger partial charge in [-0.05, 0) is 44.6 Å². The third-order valence-electron chi connectivity index (χ3n) is 8.50. The number of ether oxygens (including phenoxy) is 1. The van der Waals surface area contributed by atoms with Crippen LogP contribution < -0.4 is 20.9 Å². The maximum atomic E-state index is 13.7. The van der Waals surface area contributed by atoms with Crippen molar-refractivity contribution in [2.45, 2.75) is 73.9 Å². The first-order valence-corrected chi connectivity index (χ1v) is 14.0. The summed E-state index contributed by atoms with van der Waals surface area (Å²) in [5, 5.41) is 7.09. The fourth-order valence-electron chi connectivity index (χ4n) is 6.62. The number of alkyl halides is 1. The predicted molar refractivity (Wildman–Crippen MR) is 123 cm³/mol. The van der Waals surface area contributed by atoms with Gasteiger partial charge in [-0.2, -0.15) is 0 Å². The number of likely N-dealkylation sites (N-methyl/N-ethyl adjacent to an activating group) is 1. The third kappa shape index (κ3) is 4.96. The molecule has 4 heterocycles. The van der Waals surface area contributed by atoms with Crippen molar-refractivity contribution in [2.75, 3.05) is 53.4 Å². The van der Waals surface area contributed by atoms with Gasteiger partial charge in [0.15, 0.2) is 0 Å². The van der Waals surface area contributed by atoms with Crippen molar-refractivity contribution in [1.82, 2.24) is 35.8 Å². The number of likely N-dealkylation sites (tertiary alicyclic amines) is 1. The van der Waals surface area contributed by atoms with Gasteiger partial charge in [-0.3, -0.25) is 15.8 Å². The Morgan fingerprint density at radius 3 is 2.70 bits per heavy atom. The van der Waals surface area contributed by atoms with Crippen molar-refractivity contribution < 1.29 is 17.5 Å². The molecule has 0 aromatic carbocycles. The summed E-state index contributed by atoms with van der Waals surface area (Å²) in [5.41, 5.74) is 6.68. The number of halogens is 1. The highest BCUT2D eigenvalue weighted by Gasteiger charge is 2.48. The lowest BCUT2D eigenvalue weighted by molar-refractivity contribution is 0.00328. The van der Waals surface area contributed by atoms with Gasteiger partial charge in [0.2, 0.25) is 10.0 Å². The number of hydrazine groups is 2. The van der Waals surface area contributed by atoms with E-state index in [1.807, 2.05) is 12.1 Å². The molecule has 33 heavy (non-hydrogen) atoms. The monoisotopic (exact) mass is 489 g/mol. The van der Waals surface area contributed by atoms with Gasteiger partial charge in [0, 0.05) is 59.0 Å². The highest BCUT2D eigenvalue weighted by molar-refractivity contribution is 7.90. The average molecular weight is 490 g/mol. The molecule has 0 radical (unpaired) electrons. The van der Waals surface area contributed by atoms with Crippen LogP contribution in [0.3, 0.4) is 0 Å². The molecule has 4 aliphatic heterocycles. The van der Waals surface area contributed by atoms with Crippen LogP contribution in [0.15, 0.2) is 0 Å². The summed E-state index contributed by atoms with van der Waals surface area (Å²) in [6, 6.07) is 0.165. The van der Waals surface area contributed by atoms with Crippen LogP contribution >= 0.6 is 0 Å². The van der Waals surface area contributed by atoms with Crippen LogP contribution in [0, 0.1) is 5.92 Å². The molecule has 0 aromatic heterocycles. The molecule has 5 aliphatic rings. The quantitative estimate of drug-likeness (QED) is 0.368. The number of hydrogen-bond acceptors (Lipinski definition) is 9. The molecular weight excluding hydrogens is 449 g/mol. The minimum absolute atomic E-state index is 0.0542. The Morgan fingerprint density at radius 2 is 1.94 bits per heavy atom. The molecule has 5 fully saturated rings. The zero-order chi connectivity index (χ0) is 23.2. The standard InChI is InChI=1S/C21H40FN7O3S/c1-27-21-14(10-24-27)3-4-18(32-2)20(21)26-33(30,31)17-11-25-29(13-17)19-9-16(5-7-23-19)28-8-6-15(22)12-28/h14-21,23-26H,3-13H2,1-2H3/t14?,15-,16?,17?,18?,19?,20?,21?/m0/s1. The summed E-state index contributed by atoms with van der Waals surface area (Å²) < 4.78 is 49.4. The van der Waals surface area contributed by atoms with Gasteiger partial charge >= 0.3 is 0 Å². The molecule has 190 valence electrons. The van der Waals surface area contributed by atoms with E-state index in [2.05, 4.69) is 30.8 Å². The van der Waals surface area contributed by atoms with Crippen molar-refractivity contribution in [2.24, 2.45) is 5.92 Å². The smallest absolute Gasteiger partial charge is 0.217 e. The highest BCUT2D eigenvalue weighted by atomic mass is 32.2. The minimum Gasteiger partial charge on any atom is -0.380 e. The van der Waals surface area contributed by atoms with Gasteiger partial charge in [0.25, 0.3) is 0 Å². The Balaban J connectivity index is 1.21. The SMILES string of the molecule is COC1CCC2CNN(C)C2C1NS(=O)(=O)C1CNN(C2CC(N3CC[C@H](F)C3)CCN2)C1. The second-order valence-electron chi connectivity index (χ2n) is 10.4. The largest absolute Gasteiger partial charge is 0.380 e. The van der Waals surface area contributed by atoms with E-state index in [0.717, 1.165) is 45.3 Å². The molecule has 1 saturated carbocycles. The van der Waals surface area contributed by atoms with Crippen molar-refractivity contribution in [3.63, 3.8) is 0 Å². The Kier molecular flexibility index (Phi) is 7.28. The average Bonchev–Trinajstić information content (AvgIpc) is 3.54. The fraction of sp³-hybridized carbons (Fsp3) is 1.00. The molecule has 0 aromatic rings. The Labute approximate surface area is 196 Å². The molecule has 0 bridgehead atoms. The van der Waals surface area contributed by atoms with Crippen LogP contribution in [0.2, 0.25) is 0 Å². The van der Waals surface area contributed by atoms with Crippen LogP contribution in [0.4, 0.5) is 4.39 Å². The van der Waals surface area contributed by atoms with E-state index in [1.54, 1.807) is 7.11 Å². The molecule has 12 heteroatoms. The minimum atomic E-state index is -3.55. The van der Waals surface area contributed by atoms with Gasteiger partial charge in [-0.1, -0.05) is 0 Å². The van der Waals surface area contributed by atoms with E-state index >= 15 is 0 Å². The second-order valence-corrected chi connectivity index (χ2v) is 12.4. The third-order valence-corrected chi connectivity index (χ3v) is 10.3. The summed E-state index contributed by atoms with van der Waals surface area (Å²) in [7, 11) is 0.107. The number of rotatable bonds is 6. The van der Waals surface area contributed by atoms with Gasteiger partial charge in [-0.15, -0.1) is 0 Å². The molecule has 4 N–H and O–H groups in total. The van der Waals surface area contributed by atoms with E-state index in [-0.39, 0.29) is 24.4 Å². The van der Waals surface area contributed by atoms with Crippen molar-refractivity contribution in [1.29, 1.82) is 0 Å². The van der Waals surface area contributed by atoms with E-state index in [0.29, 0.717) is 38.0 Å². The normalized spacial score (nSPS) is 43.8. The first-order chi connectivity index (χ1) is 15.9. The number of hydrogen-bond donors (Lipinski definition) is 4. The number of nitrogens with zero attached hydrogens (tertiary/aromatic N) is 3. The maximum Gasteiger partial charge on any atom is 0.217 e. The molecule has 0 spiro atoms. The Morgan fingerprint density at radius 1 is 1.09 bits per heavy atom. The second kappa shape index (κ2) is 9.90. The summed E-state index contributed by atoms with van der Waals surface area (Å²) >= 11 is 0. The van der Waals surface area contributed by atoms with E-state index < -0.39 is 21.4 Å². The van der Waals surface area contributed by atoms with E-state index in [1.165, 1.54) is 0 Å². The van der Waals surface area contributed by atoms with Gasteiger partial charge in [-0.25, -0.2) is 27.5 Å². The molecule has 10 nitrogen and oxygen atoms in total. The van der Waals surface area contributed by atoms with Crippen LogP contribution in [-0.2, 0) is 14.8 Å². The Hall–Kier alpha value is -0.440. The summed E-state index contributed by atoms with van der Waals surface area (Å²) in [6.45, 7) is 3.90. The number of nitrogens with one attached hydrogen (secondary N) is 4. The molecule has 0 amide bonds. The summed E-state index contributed by atoms with van der Waals surface area (Å²) in [6.07, 6.45) is 3.60. The lowest BCUT2D eigenvalue weighted by atomic mass is 9.80. The van der Waals surface area contributed by atoms with Crippen LogP contribution in [0.5, 0.6) is 0 Å². The zero-order valence-corrected chi connectivity index (χ0v) is 20.6. The zero-order valence-electron chi connectivity index (χ0n) is 19.7. The summed E-state index contributed by atoms with van der Waals surface area (Å²) in [5.74, 6) is 0.421. The van der Waals surface area contributed by atoms with Gasteiger partial charge in [0.1, 0.15) is 11.4 Å². The molecule has 7 unspecified atom stereocenters. The van der Waals surface area contributed by atoms with Crippen molar-refractivity contribution in [3.05, 3.63) is 0 Å². The van der Waals surface area contributed by atoms with E-state index in [9.17, 15) is 12.8 Å². The van der Waals surface area contributed by atoms with Crippen LogP contribution in [0.25, 0.3) is 0 Å². The molecule has 8 atom stereocenters. The molecule has 5 rings (SSSR count). The lowest BCUT2D eigenvalue weighted by Gasteiger charge is -2.41. The van der Waals surface area contributed by atoms with Crippen LogP contribution in [-0.4, -0.2) is 119 Å². The van der Waals surface area contributed by atoms with Gasteiger partial charge < -0.3 is 10.1 Å². The lowest BCUT2D eigenvalue weighted by Crippen LogP contribution is -2.61. The molecule has 4 saturated heterocycles. The number of piperidine rings is 1. The predicted octanol–water partition coefficient (Wildman–Crippen LogP) is -1.17. The van der Waals surface area contributed by atoms with Gasteiger partial charge in [0.05, 0.1) is 18.3 Å². The van der Waals surface area contributed by atoms with Crippen molar-refractivity contribution >= 4 is 10.0 Å².